The van der Waals surface area contributed by atoms with E-state index in [4.69, 9.17) is 9.73 Å². The minimum absolute atomic E-state index is 0. The molecular weight excluding hydrogens is 998 g/mol. The molecule has 0 aromatic heterocycles. The Balaban J connectivity index is 0.000000652. The minimum Gasteiger partial charge on any atom is -0.475 e. The van der Waals surface area contributed by atoms with Gasteiger partial charge in [0.05, 0.1) is 7.92 Å². The van der Waals surface area contributed by atoms with Crippen LogP contribution in [0.1, 0.15) is 183 Å². The molecule has 0 amide bonds. The molecule has 4 aliphatic rings. The topological polar surface area (TPSA) is 21.6 Å². The standard InChI is InChI=1S/C54H64NOP.C8H12.Ir/c1-50(2,3)38-28-39(51(4,5)6)31-42(30-38)57(43-32-40(52(7,8)9)29-41(33-43)53(10,11)12)46-23-17-21-37-25-27-54(48(37)46)26-24-36-20-16-22-44(47(36)54)49-55-45(34-56-49)35-18-14-13-15-19-35;1-2-4-6-8-7-5-3-1;/h13-23,28-33,45H,24-27,34H2,1-12H3;1-2,7-8H,3-6H2;/p+1/t45-,54+;;/m1../s1. The van der Waals surface area contributed by atoms with E-state index in [1.54, 1.807) is 10.9 Å². The maximum absolute atomic E-state index is 6.57. The van der Waals surface area contributed by atoms with E-state index in [9.17, 15) is 0 Å². The first-order valence-electron chi connectivity index (χ1n) is 24.7. The van der Waals surface area contributed by atoms with Crippen LogP contribution in [0.15, 0.2) is 132 Å². The van der Waals surface area contributed by atoms with Crippen LogP contribution >= 0.6 is 7.92 Å². The number of ether oxygens (including phenoxy) is 1. The summed E-state index contributed by atoms with van der Waals surface area (Å²) in [5, 5.41) is 4.56. The van der Waals surface area contributed by atoms with Crippen molar-refractivity contribution in [1.82, 2.24) is 0 Å². The monoisotopic (exact) mass is 1080 g/mol. The van der Waals surface area contributed by atoms with Crippen molar-refractivity contribution >= 4 is 29.7 Å². The van der Waals surface area contributed by atoms with Crippen LogP contribution in [-0.4, -0.2) is 12.5 Å². The molecule has 349 valence electrons. The zero-order valence-corrected chi connectivity index (χ0v) is 45.6. The SMILES string of the molecule is C1=CCCC=CCC1.CC(C)(C)c1cc([PH+](c2cc(C(C)(C)C)cc(C(C)(C)C)c2)c2cccc3c2[C@@]2(CCc4cccc(C5=N[C@@H](c6ccccc6)CO5)c42)CC3)cc(C(C)(C)C)c1.[Ir]. The fourth-order valence-electron chi connectivity index (χ4n) is 10.6. The maximum atomic E-state index is 6.57. The third-order valence-electron chi connectivity index (χ3n) is 14.5. The normalized spacial score (nSPS) is 19.3. The molecule has 3 aliphatic carbocycles. The van der Waals surface area contributed by atoms with Crippen molar-refractivity contribution in [2.75, 3.05) is 6.61 Å². The van der Waals surface area contributed by atoms with Crippen LogP contribution in [0.4, 0.5) is 0 Å². The van der Waals surface area contributed by atoms with E-state index in [1.165, 1.54) is 86.4 Å². The largest absolute Gasteiger partial charge is 0.475 e. The molecule has 0 fully saturated rings. The number of allylic oxidation sites excluding steroid dienone is 4. The number of rotatable bonds is 5. The van der Waals surface area contributed by atoms with Crippen LogP contribution in [0.25, 0.3) is 0 Å². The summed E-state index contributed by atoms with van der Waals surface area (Å²) in [5.74, 6) is 0.818. The first-order chi connectivity index (χ1) is 30.7. The molecule has 0 saturated carbocycles. The van der Waals surface area contributed by atoms with Crippen molar-refractivity contribution in [3.63, 3.8) is 0 Å². The summed E-state index contributed by atoms with van der Waals surface area (Å²) in [6.45, 7) is 29.2. The Morgan fingerprint density at radius 1 is 0.515 bits per heavy atom. The average Bonchev–Trinajstić information content (AvgIpc) is 3.99. The van der Waals surface area contributed by atoms with Gasteiger partial charge in [-0.3, -0.25) is 0 Å². The fraction of sp³-hybridized carbons (Fsp3) is 0.435. The summed E-state index contributed by atoms with van der Waals surface area (Å²) in [5.41, 5.74) is 14.2. The van der Waals surface area contributed by atoms with Gasteiger partial charge in [-0.1, -0.05) is 174 Å². The second kappa shape index (κ2) is 19.6. The van der Waals surface area contributed by atoms with E-state index in [1.807, 2.05) is 0 Å². The van der Waals surface area contributed by atoms with Crippen LogP contribution in [0.5, 0.6) is 0 Å². The molecule has 5 aromatic carbocycles. The summed E-state index contributed by atoms with van der Waals surface area (Å²) < 4.78 is 6.57. The van der Waals surface area contributed by atoms with Gasteiger partial charge in [0.25, 0.3) is 0 Å². The Bertz CT molecular complexity index is 2440. The van der Waals surface area contributed by atoms with E-state index < -0.39 is 7.92 Å². The van der Waals surface area contributed by atoms with Crippen LogP contribution in [0.2, 0.25) is 0 Å². The Hall–Kier alpha value is -3.87. The number of aryl methyl sites for hydroxylation is 2. The number of nitrogens with zero attached hydrogens (tertiary/aromatic N) is 1. The van der Waals surface area contributed by atoms with Gasteiger partial charge in [-0.05, 0) is 154 Å². The van der Waals surface area contributed by atoms with Crippen molar-refractivity contribution in [2.45, 2.75) is 168 Å². The molecule has 5 aromatic rings. The van der Waals surface area contributed by atoms with E-state index in [2.05, 4.69) is 211 Å². The number of fused-ring (bicyclic) bond motifs is 4. The molecule has 4 heteroatoms. The number of hydrogen-bond acceptors (Lipinski definition) is 2. The van der Waals surface area contributed by atoms with Crippen molar-refractivity contribution in [3.05, 3.63) is 183 Å². The predicted octanol–water partition coefficient (Wildman–Crippen LogP) is 14.7. The molecule has 0 bridgehead atoms. The molecule has 2 atom stereocenters. The van der Waals surface area contributed by atoms with Crippen LogP contribution in [0, 0.1) is 0 Å². The molecule has 0 N–H and O–H groups in total. The molecule has 0 unspecified atom stereocenters. The van der Waals surface area contributed by atoms with Crippen LogP contribution < -0.4 is 15.9 Å². The predicted molar refractivity (Wildman–Crippen MR) is 284 cm³/mol. The second-order valence-electron chi connectivity index (χ2n) is 23.5. The number of benzene rings is 5. The number of hydrogen-bond donors (Lipinski definition) is 0. The summed E-state index contributed by atoms with van der Waals surface area (Å²) in [7, 11) is -1.53. The molecule has 1 aliphatic heterocycles. The second-order valence-corrected chi connectivity index (χ2v) is 25.9. The van der Waals surface area contributed by atoms with Crippen molar-refractivity contribution in [3.8, 4) is 0 Å². The Morgan fingerprint density at radius 2 is 0.955 bits per heavy atom. The Labute approximate surface area is 414 Å². The molecule has 1 heterocycles. The summed E-state index contributed by atoms with van der Waals surface area (Å²) in [4.78, 5) is 5.30. The Morgan fingerprint density at radius 3 is 1.41 bits per heavy atom. The molecular formula is C62H77IrNOP+. The van der Waals surface area contributed by atoms with Crippen LogP contribution in [-0.2, 0) is 64.8 Å². The quantitative estimate of drug-likeness (QED) is 0.127. The van der Waals surface area contributed by atoms with Gasteiger partial charge >= 0.3 is 0 Å². The first kappa shape index (κ1) is 50.0. The van der Waals surface area contributed by atoms with Gasteiger partial charge < -0.3 is 4.74 Å². The van der Waals surface area contributed by atoms with Gasteiger partial charge in [0.15, 0.2) is 0 Å². The first-order valence-corrected chi connectivity index (χ1v) is 26.2. The zero-order chi connectivity index (χ0) is 46.4. The van der Waals surface area contributed by atoms with Gasteiger partial charge in [-0.15, -0.1) is 0 Å². The third kappa shape index (κ3) is 10.6. The summed E-state index contributed by atoms with van der Waals surface area (Å²) in [6, 6.07) is 40.4. The smallest absolute Gasteiger partial charge is 0.217 e. The molecule has 66 heavy (non-hydrogen) atoms. The molecule has 9 rings (SSSR count). The van der Waals surface area contributed by atoms with Crippen molar-refractivity contribution < 1.29 is 24.8 Å². The van der Waals surface area contributed by atoms with Gasteiger partial charge in [0.1, 0.15) is 28.6 Å². The summed E-state index contributed by atoms with van der Waals surface area (Å²) in [6.07, 6.45) is 18.4. The summed E-state index contributed by atoms with van der Waals surface area (Å²) >= 11 is 0. The fourth-order valence-corrected chi connectivity index (χ4v) is 13.6. The van der Waals surface area contributed by atoms with E-state index >= 15 is 0 Å². The maximum Gasteiger partial charge on any atom is 0.217 e. The van der Waals surface area contributed by atoms with Gasteiger partial charge in [-0.2, -0.15) is 0 Å². The van der Waals surface area contributed by atoms with Gasteiger partial charge in [0, 0.05) is 36.6 Å². The van der Waals surface area contributed by atoms with Gasteiger partial charge in [0.2, 0.25) is 5.90 Å². The molecule has 2 nitrogen and oxygen atoms in total. The van der Waals surface area contributed by atoms with Crippen LogP contribution in [0.3, 0.4) is 0 Å². The van der Waals surface area contributed by atoms with E-state index in [0.29, 0.717) is 6.61 Å². The zero-order valence-electron chi connectivity index (χ0n) is 42.3. The molecule has 0 saturated heterocycles. The van der Waals surface area contributed by atoms with E-state index in [0.717, 1.165) is 31.6 Å². The molecule has 1 spiro atoms. The average molecular weight is 1080 g/mol. The van der Waals surface area contributed by atoms with Crippen molar-refractivity contribution in [1.29, 1.82) is 0 Å². The van der Waals surface area contributed by atoms with Gasteiger partial charge in [-0.25, -0.2) is 4.99 Å². The minimum atomic E-state index is -1.53. The van der Waals surface area contributed by atoms with E-state index in [-0.39, 0.29) is 53.2 Å². The number of aliphatic imine (C=N–C) groups is 1. The molecule has 1 radical (unpaired) electrons. The third-order valence-corrected chi connectivity index (χ3v) is 17.2. The Kier molecular flexibility index (Phi) is 14.9. The van der Waals surface area contributed by atoms with Crippen molar-refractivity contribution in [2.24, 2.45) is 4.99 Å².